The van der Waals surface area contributed by atoms with Gasteiger partial charge in [0.15, 0.2) is 11.5 Å². The molecule has 3 aromatic carbocycles. The number of pyridine rings is 1. The Balaban J connectivity index is 1.02. The maximum Gasteiger partial charge on any atom is 0.418 e. The zero-order valence-electron chi connectivity index (χ0n) is 28.5. The van der Waals surface area contributed by atoms with Gasteiger partial charge in [-0.3, -0.25) is 14.7 Å². The Morgan fingerprint density at radius 3 is 2.38 bits per heavy atom. The molecule has 2 aromatic heterocycles. The molecule has 0 spiro atoms. The third-order valence-electron chi connectivity index (χ3n) is 8.57. The highest BCUT2D eigenvalue weighted by atomic mass is 32.2. The number of piperazine rings is 1. The smallest absolute Gasteiger partial charge is 0.418 e. The van der Waals surface area contributed by atoms with Crippen LogP contribution in [0.25, 0.3) is 11.1 Å². The van der Waals surface area contributed by atoms with Gasteiger partial charge < -0.3 is 15.3 Å². The number of aromatic hydroxyl groups is 1. The van der Waals surface area contributed by atoms with Crippen molar-refractivity contribution in [1.29, 1.82) is 0 Å². The van der Waals surface area contributed by atoms with Crippen LogP contribution in [0.3, 0.4) is 0 Å². The van der Waals surface area contributed by atoms with E-state index >= 15 is 0 Å². The lowest BCUT2D eigenvalue weighted by molar-refractivity contribution is -0.137. The fraction of sp³-hybridized carbons (Fsp3) is 0.243. The molecule has 0 aliphatic carbocycles. The van der Waals surface area contributed by atoms with Crippen molar-refractivity contribution in [2.45, 2.75) is 29.4 Å². The van der Waals surface area contributed by atoms with E-state index in [9.17, 15) is 31.5 Å². The van der Waals surface area contributed by atoms with Crippen LogP contribution < -0.4 is 14.9 Å². The summed E-state index contributed by atoms with van der Waals surface area (Å²) in [4.78, 5) is 21.5. The number of benzene rings is 3. The van der Waals surface area contributed by atoms with Crippen LogP contribution >= 0.6 is 11.8 Å². The predicted molar refractivity (Wildman–Crippen MR) is 197 cm³/mol. The second kappa shape index (κ2) is 16.2. The second-order valence-corrected chi connectivity index (χ2v) is 15.2. The number of aryl methyl sites for hydroxylation is 1. The molecule has 1 aliphatic heterocycles. The first-order valence-corrected chi connectivity index (χ1v) is 19.1. The first kappa shape index (κ1) is 37.6. The lowest BCUT2D eigenvalue weighted by Crippen LogP contribution is -2.46. The van der Waals surface area contributed by atoms with Crippen molar-refractivity contribution >= 4 is 39.2 Å². The van der Waals surface area contributed by atoms with Crippen LogP contribution in [0, 0.1) is 6.92 Å². The average Bonchev–Trinajstić information content (AvgIpc) is 3.14. The van der Waals surface area contributed by atoms with E-state index in [0.717, 1.165) is 58.9 Å². The molecule has 1 amide bonds. The highest BCUT2D eigenvalue weighted by molar-refractivity contribution is 7.99. The highest BCUT2D eigenvalue weighted by Crippen LogP contribution is 2.36. The summed E-state index contributed by atoms with van der Waals surface area (Å²) in [7, 11) is -4.68. The number of aromatic nitrogens is 3. The molecular formula is C37H36F3N7O4S2. The third kappa shape index (κ3) is 9.63. The summed E-state index contributed by atoms with van der Waals surface area (Å²) >= 11 is 1.47. The van der Waals surface area contributed by atoms with E-state index in [4.69, 9.17) is 0 Å². The molecule has 53 heavy (non-hydrogen) atoms. The Morgan fingerprint density at radius 2 is 1.70 bits per heavy atom. The minimum Gasteiger partial charge on any atom is -0.506 e. The van der Waals surface area contributed by atoms with Gasteiger partial charge in [0, 0.05) is 67.4 Å². The molecule has 3 N–H and O–H groups in total. The number of carbonyl (C=O) groups is 1. The van der Waals surface area contributed by atoms with E-state index in [0.29, 0.717) is 30.7 Å². The van der Waals surface area contributed by atoms with Crippen LogP contribution in [0.15, 0.2) is 107 Å². The van der Waals surface area contributed by atoms with Gasteiger partial charge in [-0.15, -0.1) is 22.0 Å². The number of sulfonamides is 1. The molecule has 0 saturated carbocycles. The molecule has 0 unspecified atom stereocenters. The lowest BCUT2D eigenvalue weighted by Gasteiger charge is -2.35. The van der Waals surface area contributed by atoms with Crippen LogP contribution in [0.1, 0.15) is 27.2 Å². The number of nitrogens with zero attached hydrogens (tertiary/aromatic N) is 5. The number of nitrogens with one attached hydrogen (secondary N) is 2. The van der Waals surface area contributed by atoms with Crippen molar-refractivity contribution in [2.75, 3.05) is 48.7 Å². The van der Waals surface area contributed by atoms with Gasteiger partial charge in [0.2, 0.25) is 0 Å². The summed E-state index contributed by atoms with van der Waals surface area (Å²) < 4.78 is 69.7. The van der Waals surface area contributed by atoms with E-state index in [2.05, 4.69) is 37.5 Å². The van der Waals surface area contributed by atoms with Gasteiger partial charge >= 0.3 is 6.18 Å². The number of rotatable bonds is 12. The number of hydrogen-bond acceptors (Lipinski definition) is 11. The summed E-state index contributed by atoms with van der Waals surface area (Å²) in [5.74, 6) is -0.0285. The van der Waals surface area contributed by atoms with Crippen molar-refractivity contribution in [1.82, 2.24) is 24.8 Å². The molecule has 0 radical (unpaired) electrons. The van der Waals surface area contributed by atoms with Crippen molar-refractivity contribution < 1.29 is 31.5 Å². The van der Waals surface area contributed by atoms with E-state index in [1.54, 1.807) is 18.3 Å². The minimum atomic E-state index is -4.85. The molecule has 0 bridgehead atoms. The zero-order valence-corrected chi connectivity index (χ0v) is 30.2. The number of amides is 1. The topological polar surface area (TPSA) is 141 Å². The number of carbonyl (C=O) groups excluding carboxylic acids is 1. The molecule has 11 nitrogen and oxygen atoms in total. The van der Waals surface area contributed by atoms with Gasteiger partial charge in [-0.1, -0.05) is 36.4 Å². The highest BCUT2D eigenvalue weighted by Gasteiger charge is 2.35. The lowest BCUT2D eigenvalue weighted by atomic mass is 9.99. The third-order valence-corrected chi connectivity index (χ3v) is 10.9. The standard InChI is InChI=1S/C37H36F3N7O4S2/c1-25-19-26(7-9-31(25)27-20-28(48)23-41-22-27)24-46-14-16-47(17-15-46)35-12-11-34(43-44-35)36(49)45-53(50,51)30-8-10-33(32(21-30)37(38,39)40)42-13-18-52-29-5-3-2-4-6-29/h2-12,19-23,42,48H,13-18,24H2,1H3,(H,45,49). The Morgan fingerprint density at radius 1 is 0.925 bits per heavy atom. The monoisotopic (exact) mass is 763 g/mol. The quantitative estimate of drug-likeness (QED) is 0.0987. The number of thioether (sulfide) groups is 1. The number of anilines is 2. The minimum absolute atomic E-state index is 0.112. The molecule has 1 aliphatic rings. The van der Waals surface area contributed by atoms with Crippen molar-refractivity contribution in [2.24, 2.45) is 0 Å². The number of hydrogen-bond donors (Lipinski definition) is 3. The zero-order chi connectivity index (χ0) is 37.6. The SMILES string of the molecule is Cc1cc(CN2CCN(c3ccc(C(=O)NS(=O)(=O)c4ccc(NCCSc5ccccc5)c(C(F)(F)F)c4)nn3)CC2)ccc1-c1cncc(O)c1. The molecule has 0 atom stereocenters. The van der Waals surface area contributed by atoms with Gasteiger partial charge in [0.05, 0.1) is 16.7 Å². The van der Waals surface area contributed by atoms with Crippen LogP contribution in [0.5, 0.6) is 5.75 Å². The van der Waals surface area contributed by atoms with Crippen LogP contribution in [-0.4, -0.2) is 78.0 Å². The Kier molecular flexibility index (Phi) is 11.5. The molecule has 16 heteroatoms. The fourth-order valence-corrected chi connectivity index (χ4v) is 7.69. The van der Waals surface area contributed by atoms with Crippen LogP contribution in [-0.2, 0) is 22.7 Å². The molecule has 1 saturated heterocycles. The van der Waals surface area contributed by atoms with E-state index in [1.807, 2.05) is 52.9 Å². The van der Waals surface area contributed by atoms with Gasteiger partial charge in [0.25, 0.3) is 15.9 Å². The normalized spacial score (nSPS) is 13.8. The van der Waals surface area contributed by atoms with Gasteiger partial charge in [0.1, 0.15) is 5.75 Å². The first-order valence-electron chi connectivity index (χ1n) is 16.6. The van der Waals surface area contributed by atoms with Gasteiger partial charge in [-0.05, 0) is 72.1 Å². The molecule has 276 valence electrons. The molecular weight excluding hydrogens is 728 g/mol. The van der Waals surface area contributed by atoms with E-state index < -0.39 is 32.6 Å². The van der Waals surface area contributed by atoms with Gasteiger partial charge in [-0.25, -0.2) is 13.1 Å². The maximum absolute atomic E-state index is 14.0. The molecule has 3 heterocycles. The maximum atomic E-state index is 14.0. The number of alkyl halides is 3. The summed E-state index contributed by atoms with van der Waals surface area (Å²) in [6.07, 6.45) is -1.74. The fourth-order valence-electron chi connectivity index (χ4n) is 5.92. The molecule has 5 aromatic rings. The van der Waals surface area contributed by atoms with E-state index in [-0.39, 0.29) is 23.7 Å². The second-order valence-electron chi connectivity index (χ2n) is 12.3. The largest absolute Gasteiger partial charge is 0.506 e. The van der Waals surface area contributed by atoms with Crippen molar-refractivity contribution in [3.63, 3.8) is 0 Å². The Labute approximate surface area is 309 Å². The number of halogens is 3. The van der Waals surface area contributed by atoms with Crippen molar-refractivity contribution in [3.05, 3.63) is 120 Å². The Bertz CT molecular complexity index is 2170. The van der Waals surface area contributed by atoms with E-state index in [1.165, 1.54) is 24.0 Å². The first-order chi connectivity index (χ1) is 25.4. The van der Waals surface area contributed by atoms with Crippen molar-refractivity contribution in [3.8, 4) is 16.9 Å². The molecule has 6 rings (SSSR count). The van der Waals surface area contributed by atoms with Crippen LogP contribution in [0.2, 0.25) is 0 Å². The van der Waals surface area contributed by atoms with Crippen LogP contribution in [0.4, 0.5) is 24.7 Å². The molecule has 1 fully saturated rings. The summed E-state index contributed by atoms with van der Waals surface area (Å²) in [5.41, 5.74) is 2.32. The van der Waals surface area contributed by atoms with Gasteiger partial charge in [-0.2, -0.15) is 13.2 Å². The summed E-state index contributed by atoms with van der Waals surface area (Å²) in [5, 5.41) is 20.6. The Hall–Kier alpha value is -5.19. The average molecular weight is 764 g/mol. The summed E-state index contributed by atoms with van der Waals surface area (Å²) in [6.45, 7) is 5.71. The predicted octanol–water partition coefficient (Wildman–Crippen LogP) is 6.22. The summed E-state index contributed by atoms with van der Waals surface area (Å²) in [6, 6.07) is 22.7.